The van der Waals surface area contributed by atoms with E-state index in [4.69, 9.17) is 9.47 Å². The molecule has 0 aromatic heterocycles. The second-order valence-corrected chi connectivity index (χ2v) is 7.90. The van der Waals surface area contributed by atoms with Crippen molar-refractivity contribution in [2.75, 3.05) is 51.3 Å². The molecule has 2 aliphatic heterocycles. The number of hydrogen-bond acceptors (Lipinski definition) is 7. The highest BCUT2D eigenvalue weighted by Gasteiger charge is 2.43. The van der Waals surface area contributed by atoms with Gasteiger partial charge in [0.15, 0.2) is 0 Å². The molecule has 2 aliphatic rings. The van der Waals surface area contributed by atoms with Gasteiger partial charge in [-0.15, -0.1) is 0 Å². The fraction of sp³-hybridized carbons (Fsp3) is 0.619. The highest BCUT2D eigenvalue weighted by atomic mass is 16.5. The molecule has 0 spiro atoms. The normalized spacial score (nSPS) is 26.4. The predicted octanol–water partition coefficient (Wildman–Crippen LogP) is -0.556. The molecule has 0 aliphatic carbocycles. The van der Waals surface area contributed by atoms with Gasteiger partial charge in [-0.1, -0.05) is 17.7 Å². The van der Waals surface area contributed by atoms with E-state index in [9.17, 15) is 19.8 Å². The number of hydrogen-bond donors (Lipinski definition) is 5. The molecule has 31 heavy (non-hydrogen) atoms. The summed E-state index contributed by atoms with van der Waals surface area (Å²) >= 11 is 0. The van der Waals surface area contributed by atoms with Gasteiger partial charge in [0.05, 0.1) is 25.7 Å². The lowest BCUT2D eigenvalue weighted by Crippen LogP contribution is -2.42. The van der Waals surface area contributed by atoms with Gasteiger partial charge in [-0.3, -0.25) is 9.69 Å². The number of carbonyl (C=O) groups excluding carboxylic acids is 2. The zero-order valence-corrected chi connectivity index (χ0v) is 17.8. The second kappa shape index (κ2) is 11.4. The standard InChI is InChI=1S/C21H32N4O6/c1-14-2-4-15(5-3-14)24-21(29)23-13-17-20(28)19(27)16(31-17)12-18(26)22-6-7-25-8-10-30-11-9-25/h2-5,16-17,19-20,27-28H,6-13H2,1H3,(H,22,26)(H2,23,24,29)/t16-,17+,19-,20+/m0/s1. The average Bonchev–Trinajstić information content (AvgIpc) is 3.02. The van der Waals surface area contributed by atoms with E-state index in [2.05, 4.69) is 20.9 Å². The van der Waals surface area contributed by atoms with Crippen LogP contribution in [0, 0.1) is 6.92 Å². The summed E-state index contributed by atoms with van der Waals surface area (Å²) in [6.07, 6.45) is -4.08. The van der Waals surface area contributed by atoms with E-state index in [0.717, 1.165) is 25.2 Å². The fourth-order valence-electron chi connectivity index (χ4n) is 3.60. The van der Waals surface area contributed by atoms with Gasteiger partial charge in [0, 0.05) is 38.4 Å². The van der Waals surface area contributed by atoms with Crippen molar-refractivity contribution < 1.29 is 29.3 Å². The van der Waals surface area contributed by atoms with Crippen molar-refractivity contribution in [1.29, 1.82) is 0 Å². The van der Waals surface area contributed by atoms with Crippen LogP contribution in [0.1, 0.15) is 12.0 Å². The van der Waals surface area contributed by atoms with Crippen LogP contribution in [-0.2, 0) is 14.3 Å². The summed E-state index contributed by atoms with van der Waals surface area (Å²) in [6, 6.07) is 6.89. The average molecular weight is 437 g/mol. The van der Waals surface area contributed by atoms with Gasteiger partial charge >= 0.3 is 6.03 Å². The number of benzene rings is 1. The molecule has 0 saturated carbocycles. The van der Waals surface area contributed by atoms with Crippen LogP contribution in [0.2, 0.25) is 0 Å². The Morgan fingerprint density at radius 3 is 2.45 bits per heavy atom. The van der Waals surface area contributed by atoms with Crippen molar-refractivity contribution in [3.8, 4) is 0 Å². The number of aliphatic hydroxyl groups excluding tert-OH is 2. The number of morpholine rings is 1. The number of aliphatic hydroxyl groups is 2. The molecule has 3 amide bonds. The summed E-state index contributed by atoms with van der Waals surface area (Å²) in [7, 11) is 0. The first kappa shape index (κ1) is 23.4. The van der Waals surface area contributed by atoms with Crippen LogP contribution in [0.5, 0.6) is 0 Å². The van der Waals surface area contributed by atoms with Crippen molar-refractivity contribution in [2.24, 2.45) is 0 Å². The van der Waals surface area contributed by atoms with E-state index in [1.54, 1.807) is 12.1 Å². The molecule has 5 N–H and O–H groups in total. The lowest BCUT2D eigenvalue weighted by molar-refractivity contribution is -0.125. The Bertz CT molecular complexity index is 725. The molecule has 172 valence electrons. The van der Waals surface area contributed by atoms with Gasteiger partial charge < -0.3 is 35.6 Å². The maximum atomic E-state index is 12.2. The monoisotopic (exact) mass is 436 g/mol. The molecular formula is C21H32N4O6. The number of carbonyl (C=O) groups is 2. The van der Waals surface area contributed by atoms with Crippen molar-refractivity contribution in [1.82, 2.24) is 15.5 Å². The topological polar surface area (TPSA) is 132 Å². The first-order valence-electron chi connectivity index (χ1n) is 10.6. The van der Waals surface area contributed by atoms with Crippen LogP contribution in [0.15, 0.2) is 24.3 Å². The van der Waals surface area contributed by atoms with Gasteiger partial charge in [-0.2, -0.15) is 0 Å². The lowest BCUT2D eigenvalue weighted by atomic mass is 10.1. The minimum Gasteiger partial charge on any atom is -0.388 e. The number of urea groups is 1. The van der Waals surface area contributed by atoms with Gasteiger partial charge in [0.25, 0.3) is 0 Å². The molecule has 2 fully saturated rings. The molecule has 2 heterocycles. The Hall–Kier alpha value is -2.24. The van der Waals surface area contributed by atoms with Crippen LogP contribution in [0.3, 0.4) is 0 Å². The Kier molecular flexibility index (Phi) is 8.61. The number of amides is 3. The van der Waals surface area contributed by atoms with E-state index in [0.29, 0.717) is 25.4 Å². The van der Waals surface area contributed by atoms with Crippen LogP contribution in [-0.4, -0.2) is 97.4 Å². The number of anilines is 1. The zero-order valence-electron chi connectivity index (χ0n) is 17.8. The zero-order chi connectivity index (χ0) is 22.2. The maximum absolute atomic E-state index is 12.2. The largest absolute Gasteiger partial charge is 0.388 e. The van der Waals surface area contributed by atoms with Crippen LogP contribution in [0.25, 0.3) is 0 Å². The van der Waals surface area contributed by atoms with Gasteiger partial charge in [0.2, 0.25) is 5.91 Å². The maximum Gasteiger partial charge on any atom is 0.319 e. The Labute approximate surface area is 181 Å². The predicted molar refractivity (Wildman–Crippen MR) is 114 cm³/mol. The third-order valence-electron chi connectivity index (χ3n) is 5.48. The first-order chi connectivity index (χ1) is 14.9. The molecule has 1 aromatic rings. The highest BCUT2D eigenvalue weighted by molar-refractivity contribution is 5.89. The Balaban J connectivity index is 1.36. The van der Waals surface area contributed by atoms with Gasteiger partial charge in [-0.05, 0) is 19.1 Å². The molecule has 10 nitrogen and oxygen atoms in total. The van der Waals surface area contributed by atoms with Crippen molar-refractivity contribution in [2.45, 2.75) is 37.8 Å². The summed E-state index contributed by atoms with van der Waals surface area (Å²) in [5.74, 6) is -0.254. The number of ether oxygens (including phenoxy) is 2. The summed E-state index contributed by atoms with van der Waals surface area (Å²) in [4.78, 5) is 26.4. The highest BCUT2D eigenvalue weighted by Crippen LogP contribution is 2.23. The molecule has 1 aromatic carbocycles. The summed E-state index contributed by atoms with van der Waals surface area (Å²) in [5, 5.41) is 28.6. The van der Waals surface area contributed by atoms with Crippen molar-refractivity contribution in [3.63, 3.8) is 0 Å². The molecule has 0 bridgehead atoms. The van der Waals surface area contributed by atoms with Crippen molar-refractivity contribution >= 4 is 17.6 Å². The summed E-state index contributed by atoms with van der Waals surface area (Å²) < 4.78 is 10.9. The number of nitrogens with zero attached hydrogens (tertiary/aromatic N) is 1. The van der Waals surface area contributed by atoms with Gasteiger partial charge in [-0.25, -0.2) is 4.79 Å². The molecule has 4 atom stereocenters. The minimum absolute atomic E-state index is 0.00503. The fourth-order valence-corrected chi connectivity index (χ4v) is 3.60. The quantitative estimate of drug-likeness (QED) is 0.369. The number of aryl methyl sites for hydroxylation is 1. The molecule has 0 radical (unpaired) electrons. The van der Waals surface area contributed by atoms with E-state index in [1.807, 2.05) is 19.1 Å². The van der Waals surface area contributed by atoms with Crippen LogP contribution in [0.4, 0.5) is 10.5 Å². The van der Waals surface area contributed by atoms with E-state index in [1.165, 1.54) is 0 Å². The lowest BCUT2D eigenvalue weighted by Gasteiger charge is -2.26. The third kappa shape index (κ3) is 7.15. The van der Waals surface area contributed by atoms with E-state index < -0.39 is 30.4 Å². The molecular weight excluding hydrogens is 404 g/mol. The molecule has 3 rings (SSSR count). The summed E-state index contributed by atoms with van der Waals surface area (Å²) in [6.45, 7) is 6.28. The Morgan fingerprint density at radius 1 is 1.06 bits per heavy atom. The van der Waals surface area contributed by atoms with E-state index in [-0.39, 0.29) is 18.9 Å². The van der Waals surface area contributed by atoms with Crippen molar-refractivity contribution in [3.05, 3.63) is 29.8 Å². The molecule has 2 saturated heterocycles. The SMILES string of the molecule is Cc1ccc(NC(=O)NC[C@H]2O[C@@H](CC(=O)NCCN3CCOCC3)[C@H](O)[C@@H]2O)cc1. The number of nitrogens with one attached hydrogen (secondary N) is 3. The molecule has 10 heteroatoms. The summed E-state index contributed by atoms with van der Waals surface area (Å²) in [5.41, 5.74) is 1.72. The first-order valence-corrected chi connectivity index (χ1v) is 10.6. The molecule has 0 unspecified atom stereocenters. The van der Waals surface area contributed by atoms with Crippen LogP contribution >= 0.6 is 0 Å². The Morgan fingerprint density at radius 2 is 1.74 bits per heavy atom. The van der Waals surface area contributed by atoms with E-state index >= 15 is 0 Å². The van der Waals surface area contributed by atoms with Gasteiger partial charge in [0.1, 0.15) is 18.3 Å². The smallest absolute Gasteiger partial charge is 0.319 e. The minimum atomic E-state index is -1.20. The third-order valence-corrected chi connectivity index (χ3v) is 5.48. The van der Waals surface area contributed by atoms with Crippen LogP contribution < -0.4 is 16.0 Å². The second-order valence-electron chi connectivity index (χ2n) is 7.90. The number of rotatable bonds is 8.